The fraction of sp³-hybridized carbons (Fsp3) is 0.333. The summed E-state index contributed by atoms with van der Waals surface area (Å²) < 4.78 is 5.28. The molecule has 2 aromatic heterocycles. The van der Waals surface area contributed by atoms with Crippen LogP contribution in [0.25, 0.3) is 0 Å². The Balaban J connectivity index is 1.78. The van der Waals surface area contributed by atoms with Crippen molar-refractivity contribution in [1.29, 1.82) is 0 Å². The van der Waals surface area contributed by atoms with Crippen molar-refractivity contribution in [1.82, 2.24) is 9.97 Å². The van der Waals surface area contributed by atoms with Crippen LogP contribution in [0.3, 0.4) is 0 Å². The zero-order chi connectivity index (χ0) is 11.2. The number of hydrogen-bond acceptors (Lipinski definition) is 4. The van der Waals surface area contributed by atoms with Crippen LogP contribution in [0.15, 0.2) is 41.4 Å². The zero-order valence-corrected chi connectivity index (χ0v) is 9.26. The maximum atomic E-state index is 5.28. The van der Waals surface area contributed by atoms with Crippen LogP contribution >= 0.6 is 0 Å². The lowest BCUT2D eigenvalue weighted by Gasteiger charge is -2.12. The average molecular weight is 217 g/mol. The van der Waals surface area contributed by atoms with Crippen LogP contribution in [-0.2, 0) is 6.42 Å². The van der Waals surface area contributed by atoms with E-state index in [0.29, 0.717) is 6.04 Å². The first-order valence-corrected chi connectivity index (χ1v) is 5.39. The lowest BCUT2D eigenvalue weighted by Crippen LogP contribution is -2.16. The molecule has 16 heavy (non-hydrogen) atoms. The van der Waals surface area contributed by atoms with Gasteiger partial charge in [-0.2, -0.15) is 0 Å². The van der Waals surface area contributed by atoms with Crippen LogP contribution in [0, 0.1) is 0 Å². The summed E-state index contributed by atoms with van der Waals surface area (Å²) in [5.74, 6) is 1.84. The van der Waals surface area contributed by atoms with Gasteiger partial charge in [0.05, 0.1) is 12.5 Å². The third kappa shape index (κ3) is 3.08. The van der Waals surface area contributed by atoms with Gasteiger partial charge in [0.25, 0.3) is 0 Å². The maximum Gasteiger partial charge on any atom is 0.144 e. The number of aromatic nitrogens is 2. The number of nitrogens with zero attached hydrogens (tertiary/aromatic N) is 2. The zero-order valence-electron chi connectivity index (χ0n) is 9.26. The van der Waals surface area contributed by atoms with Crippen molar-refractivity contribution in [2.24, 2.45) is 0 Å². The van der Waals surface area contributed by atoms with E-state index in [0.717, 1.165) is 24.4 Å². The van der Waals surface area contributed by atoms with Crippen molar-refractivity contribution in [2.75, 3.05) is 5.32 Å². The molecule has 1 N–H and O–H groups in total. The van der Waals surface area contributed by atoms with Crippen LogP contribution in [0.5, 0.6) is 0 Å². The molecule has 0 bridgehead atoms. The molecule has 84 valence electrons. The van der Waals surface area contributed by atoms with E-state index in [1.807, 2.05) is 12.1 Å². The molecule has 4 nitrogen and oxygen atoms in total. The highest BCUT2D eigenvalue weighted by molar-refractivity contribution is 5.30. The number of nitrogens with one attached hydrogen (secondary N) is 1. The van der Waals surface area contributed by atoms with E-state index >= 15 is 0 Å². The molecule has 0 aromatic carbocycles. The van der Waals surface area contributed by atoms with Crippen LogP contribution in [0.2, 0.25) is 0 Å². The van der Waals surface area contributed by atoms with Gasteiger partial charge in [0.15, 0.2) is 0 Å². The minimum absolute atomic E-state index is 0.349. The quantitative estimate of drug-likeness (QED) is 0.836. The standard InChI is InChI=1S/C12H15N3O/c1-10(4-5-11-3-2-8-16-11)15-12-9-13-6-7-14-12/h2-3,6-10H,4-5H2,1H3,(H,14,15). The van der Waals surface area contributed by atoms with E-state index in [-0.39, 0.29) is 0 Å². The van der Waals surface area contributed by atoms with Gasteiger partial charge < -0.3 is 9.73 Å². The minimum atomic E-state index is 0.349. The molecule has 0 amide bonds. The van der Waals surface area contributed by atoms with Gasteiger partial charge in [-0.3, -0.25) is 4.98 Å². The Morgan fingerprint density at radius 2 is 2.38 bits per heavy atom. The topological polar surface area (TPSA) is 51.0 Å². The highest BCUT2D eigenvalue weighted by atomic mass is 16.3. The summed E-state index contributed by atoms with van der Waals surface area (Å²) in [6.07, 6.45) is 8.71. The second-order valence-electron chi connectivity index (χ2n) is 3.75. The first-order valence-electron chi connectivity index (χ1n) is 5.39. The van der Waals surface area contributed by atoms with E-state index in [1.54, 1.807) is 24.9 Å². The van der Waals surface area contributed by atoms with Crippen molar-refractivity contribution < 1.29 is 4.42 Å². The summed E-state index contributed by atoms with van der Waals surface area (Å²) in [7, 11) is 0. The highest BCUT2D eigenvalue weighted by Gasteiger charge is 2.04. The number of aryl methyl sites for hydroxylation is 1. The predicted octanol–water partition coefficient (Wildman–Crippen LogP) is 2.50. The number of rotatable bonds is 5. The summed E-state index contributed by atoms with van der Waals surface area (Å²) in [6.45, 7) is 2.12. The van der Waals surface area contributed by atoms with Crippen molar-refractivity contribution in [3.63, 3.8) is 0 Å². The molecule has 0 aliphatic carbocycles. The molecule has 1 atom stereocenters. The largest absolute Gasteiger partial charge is 0.469 e. The molecule has 1 unspecified atom stereocenters. The highest BCUT2D eigenvalue weighted by Crippen LogP contribution is 2.08. The number of anilines is 1. The first-order chi connectivity index (χ1) is 7.84. The molecular weight excluding hydrogens is 202 g/mol. The van der Waals surface area contributed by atoms with Gasteiger partial charge >= 0.3 is 0 Å². The Morgan fingerprint density at radius 1 is 1.44 bits per heavy atom. The fourth-order valence-corrected chi connectivity index (χ4v) is 1.51. The SMILES string of the molecule is CC(CCc1ccco1)Nc1cnccn1. The molecule has 4 heteroatoms. The lowest BCUT2D eigenvalue weighted by molar-refractivity contribution is 0.495. The van der Waals surface area contributed by atoms with Gasteiger partial charge in [-0.15, -0.1) is 0 Å². The molecular formula is C12H15N3O. The molecule has 0 radical (unpaired) electrons. The number of furan rings is 1. The predicted molar refractivity (Wildman–Crippen MR) is 62.1 cm³/mol. The second kappa shape index (κ2) is 5.30. The normalized spacial score (nSPS) is 12.3. The van der Waals surface area contributed by atoms with Crippen molar-refractivity contribution in [2.45, 2.75) is 25.8 Å². The molecule has 2 rings (SSSR count). The van der Waals surface area contributed by atoms with E-state index in [4.69, 9.17) is 4.42 Å². The van der Waals surface area contributed by atoms with Crippen molar-refractivity contribution in [3.8, 4) is 0 Å². The third-order valence-electron chi connectivity index (χ3n) is 2.36. The van der Waals surface area contributed by atoms with Gasteiger partial charge in [0, 0.05) is 24.9 Å². The Labute approximate surface area is 94.7 Å². The van der Waals surface area contributed by atoms with Crippen molar-refractivity contribution >= 4 is 5.82 Å². The molecule has 0 saturated carbocycles. The first kappa shape index (κ1) is 10.7. The summed E-state index contributed by atoms with van der Waals surface area (Å²) in [6, 6.07) is 4.26. The van der Waals surface area contributed by atoms with Gasteiger partial charge in [-0.05, 0) is 25.5 Å². The fourth-order valence-electron chi connectivity index (χ4n) is 1.51. The molecule has 0 saturated heterocycles. The number of hydrogen-bond donors (Lipinski definition) is 1. The van der Waals surface area contributed by atoms with Gasteiger partial charge in [0.2, 0.25) is 0 Å². The smallest absolute Gasteiger partial charge is 0.144 e. The van der Waals surface area contributed by atoms with Crippen LogP contribution in [0.4, 0.5) is 5.82 Å². The molecule has 2 heterocycles. The Bertz CT molecular complexity index is 399. The third-order valence-corrected chi connectivity index (χ3v) is 2.36. The lowest BCUT2D eigenvalue weighted by atomic mass is 10.1. The molecule has 2 aromatic rings. The maximum absolute atomic E-state index is 5.28. The molecule has 0 aliphatic rings. The molecule has 0 spiro atoms. The molecule has 0 aliphatic heterocycles. The van der Waals surface area contributed by atoms with E-state index in [1.165, 1.54) is 0 Å². The van der Waals surface area contributed by atoms with Crippen LogP contribution in [-0.4, -0.2) is 16.0 Å². The van der Waals surface area contributed by atoms with E-state index in [2.05, 4.69) is 22.2 Å². The second-order valence-corrected chi connectivity index (χ2v) is 3.75. The van der Waals surface area contributed by atoms with Gasteiger partial charge in [0.1, 0.15) is 11.6 Å². The Hall–Kier alpha value is -1.84. The van der Waals surface area contributed by atoms with Crippen LogP contribution < -0.4 is 5.32 Å². The van der Waals surface area contributed by atoms with Crippen LogP contribution in [0.1, 0.15) is 19.1 Å². The average Bonchev–Trinajstić information content (AvgIpc) is 2.81. The minimum Gasteiger partial charge on any atom is -0.469 e. The van der Waals surface area contributed by atoms with Gasteiger partial charge in [-0.1, -0.05) is 0 Å². The summed E-state index contributed by atoms with van der Waals surface area (Å²) in [5.41, 5.74) is 0. The Kier molecular flexibility index (Phi) is 3.53. The summed E-state index contributed by atoms with van der Waals surface area (Å²) in [5, 5.41) is 3.29. The summed E-state index contributed by atoms with van der Waals surface area (Å²) in [4.78, 5) is 8.17. The van der Waals surface area contributed by atoms with E-state index in [9.17, 15) is 0 Å². The summed E-state index contributed by atoms with van der Waals surface area (Å²) >= 11 is 0. The Morgan fingerprint density at radius 3 is 3.06 bits per heavy atom. The van der Waals surface area contributed by atoms with Crippen molar-refractivity contribution in [3.05, 3.63) is 42.7 Å². The van der Waals surface area contributed by atoms with Gasteiger partial charge in [-0.25, -0.2) is 4.98 Å². The monoisotopic (exact) mass is 217 g/mol. The molecule has 0 fully saturated rings. The van der Waals surface area contributed by atoms with E-state index < -0.39 is 0 Å².